The van der Waals surface area contributed by atoms with Gasteiger partial charge in [-0.3, -0.25) is 0 Å². The van der Waals surface area contributed by atoms with E-state index in [1.807, 2.05) is 0 Å². The summed E-state index contributed by atoms with van der Waals surface area (Å²) in [4.78, 5) is 10.0. The number of aliphatic hydroxyl groups excluding tert-OH is 1. The standard InChI is InChI=1S/C18H15Cl2F3N4O/c19-11-4-3-10-13(26-7-5-24-9-26)8-14(25-16(10)15(11)20)27-6-1-2-12(27)17(28)18(21,22)23/h3-5,7-9,12,17,28H,1-2,6H2/t12-,17-/m0/s1. The molecule has 1 fully saturated rings. The number of benzene rings is 1. The summed E-state index contributed by atoms with van der Waals surface area (Å²) in [6.07, 6.45) is -1.56. The van der Waals surface area contributed by atoms with Crippen LogP contribution in [0.15, 0.2) is 36.9 Å². The average molecular weight is 431 g/mol. The van der Waals surface area contributed by atoms with Crippen molar-refractivity contribution < 1.29 is 18.3 Å². The van der Waals surface area contributed by atoms with Crippen molar-refractivity contribution >= 4 is 39.9 Å². The van der Waals surface area contributed by atoms with Crippen LogP contribution in [0.1, 0.15) is 12.8 Å². The van der Waals surface area contributed by atoms with Crippen LogP contribution in [-0.4, -0.2) is 44.5 Å². The van der Waals surface area contributed by atoms with Crippen LogP contribution >= 0.6 is 23.2 Å². The highest BCUT2D eigenvalue weighted by Gasteiger charge is 2.47. The number of anilines is 1. The summed E-state index contributed by atoms with van der Waals surface area (Å²) in [6, 6.07) is 3.95. The monoisotopic (exact) mass is 430 g/mol. The molecule has 4 rings (SSSR count). The fourth-order valence-electron chi connectivity index (χ4n) is 3.59. The van der Waals surface area contributed by atoms with E-state index >= 15 is 0 Å². The molecule has 3 heterocycles. The summed E-state index contributed by atoms with van der Waals surface area (Å²) < 4.78 is 41.1. The number of hydrogen-bond acceptors (Lipinski definition) is 4. The van der Waals surface area contributed by atoms with Crippen LogP contribution < -0.4 is 4.90 Å². The summed E-state index contributed by atoms with van der Waals surface area (Å²) in [5.41, 5.74) is 1.03. The van der Waals surface area contributed by atoms with Crippen LogP contribution in [0.2, 0.25) is 10.0 Å². The molecule has 0 radical (unpaired) electrons. The summed E-state index contributed by atoms with van der Waals surface area (Å²) in [7, 11) is 0. The van der Waals surface area contributed by atoms with Gasteiger partial charge in [0.05, 0.1) is 33.6 Å². The highest BCUT2D eigenvalue weighted by Crippen LogP contribution is 2.38. The first-order valence-corrected chi connectivity index (χ1v) is 9.31. The predicted molar refractivity (Wildman–Crippen MR) is 101 cm³/mol. The molecule has 2 atom stereocenters. The molecule has 1 aliphatic rings. The summed E-state index contributed by atoms with van der Waals surface area (Å²) in [5, 5.41) is 11.0. The van der Waals surface area contributed by atoms with Gasteiger partial charge in [-0.25, -0.2) is 9.97 Å². The topological polar surface area (TPSA) is 54.2 Å². The van der Waals surface area contributed by atoms with Gasteiger partial charge < -0.3 is 14.6 Å². The molecule has 28 heavy (non-hydrogen) atoms. The van der Waals surface area contributed by atoms with Crippen molar-refractivity contribution in [1.82, 2.24) is 14.5 Å². The molecule has 1 saturated heterocycles. The third-order valence-corrected chi connectivity index (χ3v) is 5.71. The Balaban J connectivity index is 1.89. The maximum Gasteiger partial charge on any atom is 0.416 e. The molecule has 0 bridgehead atoms. The number of alkyl halides is 3. The normalized spacial score (nSPS) is 18.8. The van der Waals surface area contributed by atoms with Crippen LogP contribution in [0, 0.1) is 0 Å². The van der Waals surface area contributed by atoms with Gasteiger partial charge in [0.15, 0.2) is 6.10 Å². The first-order valence-electron chi connectivity index (χ1n) is 8.56. The summed E-state index contributed by atoms with van der Waals surface area (Å²) >= 11 is 12.5. The number of aromatic nitrogens is 3. The highest BCUT2D eigenvalue weighted by molar-refractivity contribution is 6.45. The number of imidazole rings is 1. The summed E-state index contributed by atoms with van der Waals surface area (Å²) in [6.45, 7) is 0.345. The lowest BCUT2D eigenvalue weighted by molar-refractivity contribution is -0.209. The Hall–Kier alpha value is -2.03. The van der Waals surface area contributed by atoms with Crippen molar-refractivity contribution in [3.8, 4) is 5.69 Å². The average Bonchev–Trinajstić information content (AvgIpc) is 3.34. The SMILES string of the molecule is O[C@@H]([C@@H]1CCCN1c1cc(-n2ccnc2)c2ccc(Cl)c(Cl)c2n1)C(F)(F)F. The largest absolute Gasteiger partial charge is 0.416 e. The molecule has 0 amide bonds. The van der Waals surface area contributed by atoms with Crippen LogP contribution in [0.4, 0.5) is 19.0 Å². The minimum atomic E-state index is -4.71. The van der Waals surface area contributed by atoms with Gasteiger partial charge in [-0.2, -0.15) is 13.2 Å². The number of aliphatic hydroxyl groups is 1. The first kappa shape index (κ1) is 19.3. The van der Waals surface area contributed by atoms with E-state index in [9.17, 15) is 18.3 Å². The number of hydrogen-bond donors (Lipinski definition) is 1. The van der Waals surface area contributed by atoms with Gasteiger partial charge in [-0.1, -0.05) is 23.2 Å². The van der Waals surface area contributed by atoms with Crippen LogP contribution in [0.3, 0.4) is 0 Å². The van der Waals surface area contributed by atoms with E-state index < -0.39 is 18.3 Å². The third kappa shape index (κ3) is 3.29. The number of rotatable bonds is 3. The molecule has 1 aliphatic heterocycles. The smallest absolute Gasteiger partial charge is 0.382 e. The van der Waals surface area contributed by atoms with Crippen molar-refractivity contribution in [2.24, 2.45) is 0 Å². The molecule has 1 aromatic carbocycles. The predicted octanol–water partition coefficient (Wildman–Crippen LogP) is 4.62. The van der Waals surface area contributed by atoms with Crippen LogP contribution in [0.5, 0.6) is 0 Å². The van der Waals surface area contributed by atoms with E-state index in [-0.39, 0.29) is 11.4 Å². The van der Waals surface area contributed by atoms with Gasteiger partial charge in [-0.15, -0.1) is 0 Å². The number of nitrogens with zero attached hydrogens (tertiary/aromatic N) is 4. The van der Waals surface area contributed by atoms with E-state index in [4.69, 9.17) is 23.2 Å². The van der Waals surface area contributed by atoms with E-state index in [1.54, 1.807) is 41.5 Å². The Labute approximate surface area is 168 Å². The van der Waals surface area contributed by atoms with E-state index in [0.29, 0.717) is 40.4 Å². The van der Waals surface area contributed by atoms with E-state index in [2.05, 4.69) is 9.97 Å². The maximum atomic E-state index is 13.1. The number of pyridine rings is 1. The lowest BCUT2D eigenvalue weighted by atomic mass is 10.1. The quantitative estimate of drug-likeness (QED) is 0.658. The molecule has 0 aliphatic carbocycles. The molecular weight excluding hydrogens is 416 g/mol. The molecule has 2 aromatic heterocycles. The summed E-state index contributed by atoms with van der Waals surface area (Å²) in [5.74, 6) is 0.297. The van der Waals surface area contributed by atoms with E-state index in [1.165, 1.54) is 4.90 Å². The van der Waals surface area contributed by atoms with Crippen molar-refractivity contribution in [3.63, 3.8) is 0 Å². The minimum absolute atomic E-state index is 0.212. The maximum absolute atomic E-state index is 13.1. The third-order valence-electron chi connectivity index (χ3n) is 4.91. The van der Waals surface area contributed by atoms with Gasteiger partial charge in [0.1, 0.15) is 5.82 Å². The minimum Gasteiger partial charge on any atom is -0.382 e. The van der Waals surface area contributed by atoms with Gasteiger partial charge >= 0.3 is 6.18 Å². The molecule has 0 saturated carbocycles. The van der Waals surface area contributed by atoms with Gasteiger partial charge in [0.25, 0.3) is 0 Å². The van der Waals surface area contributed by atoms with Crippen molar-refractivity contribution in [1.29, 1.82) is 0 Å². The van der Waals surface area contributed by atoms with Crippen molar-refractivity contribution in [2.45, 2.75) is 31.2 Å². The second kappa shape index (κ2) is 7.09. The molecule has 5 nitrogen and oxygen atoms in total. The molecule has 3 aromatic rings. The lowest BCUT2D eigenvalue weighted by Crippen LogP contribution is -2.47. The van der Waals surface area contributed by atoms with Crippen molar-refractivity contribution in [2.75, 3.05) is 11.4 Å². The van der Waals surface area contributed by atoms with Crippen LogP contribution in [-0.2, 0) is 0 Å². The Bertz CT molecular complexity index is 1010. The zero-order valence-electron chi connectivity index (χ0n) is 14.4. The molecule has 10 heteroatoms. The lowest BCUT2D eigenvalue weighted by Gasteiger charge is -2.31. The molecular formula is C18H15Cl2F3N4O. The Kier molecular flexibility index (Phi) is 4.89. The van der Waals surface area contributed by atoms with Crippen LogP contribution in [0.25, 0.3) is 16.6 Å². The number of fused-ring (bicyclic) bond motifs is 1. The fraction of sp³-hybridized carbons (Fsp3) is 0.333. The molecule has 1 N–H and O–H groups in total. The first-order chi connectivity index (χ1) is 13.3. The Morgan fingerprint density at radius 1 is 1.25 bits per heavy atom. The Morgan fingerprint density at radius 2 is 2.04 bits per heavy atom. The second-order valence-corrected chi connectivity index (χ2v) is 7.40. The van der Waals surface area contributed by atoms with Gasteiger partial charge in [0.2, 0.25) is 0 Å². The zero-order valence-corrected chi connectivity index (χ0v) is 15.9. The number of halogens is 5. The molecule has 148 valence electrons. The molecule has 0 spiro atoms. The van der Waals surface area contributed by atoms with Crippen molar-refractivity contribution in [3.05, 3.63) is 47.0 Å². The molecule has 0 unspecified atom stereocenters. The van der Waals surface area contributed by atoms with Gasteiger partial charge in [0, 0.05) is 30.4 Å². The Morgan fingerprint density at radius 3 is 2.71 bits per heavy atom. The fourth-order valence-corrected chi connectivity index (χ4v) is 3.95. The van der Waals surface area contributed by atoms with E-state index in [0.717, 1.165) is 0 Å². The van der Waals surface area contributed by atoms with Gasteiger partial charge in [-0.05, 0) is 25.0 Å². The highest BCUT2D eigenvalue weighted by atomic mass is 35.5. The second-order valence-electron chi connectivity index (χ2n) is 6.62. The zero-order chi connectivity index (χ0) is 20.1.